The highest BCUT2D eigenvalue weighted by atomic mass is 32.3. The van der Waals surface area contributed by atoms with E-state index in [-0.39, 0.29) is 36.4 Å². The fraction of sp³-hybridized carbons (Fsp3) is 0.882. The standard InChI is InChI=1S/C17H20F6O7S2/c1-8(2-12(31(26,27)16(18,19)20)32(28,29)17(21,22)23)30-14(25)15-5-9-3-10(6-15)13(24)11(4-9)7-15/h8-12H,2-7H2,1H3. The molecule has 7 nitrogen and oxygen atoms in total. The molecule has 0 aromatic rings. The second-order valence-electron chi connectivity index (χ2n) is 8.89. The molecule has 4 aliphatic carbocycles. The van der Waals surface area contributed by atoms with Gasteiger partial charge in [-0.2, -0.15) is 26.3 Å². The van der Waals surface area contributed by atoms with Gasteiger partial charge in [0.2, 0.25) is 0 Å². The van der Waals surface area contributed by atoms with Gasteiger partial charge < -0.3 is 4.74 Å². The van der Waals surface area contributed by atoms with Crippen LogP contribution in [-0.4, -0.2) is 50.3 Å². The summed E-state index contributed by atoms with van der Waals surface area (Å²) >= 11 is 0. The number of esters is 1. The van der Waals surface area contributed by atoms with Crippen molar-refractivity contribution in [1.82, 2.24) is 0 Å². The van der Waals surface area contributed by atoms with Crippen molar-refractivity contribution < 1.29 is 57.5 Å². The molecule has 4 rings (SSSR count). The third-order valence-corrected chi connectivity index (χ3v) is 11.2. The second kappa shape index (κ2) is 7.57. The van der Waals surface area contributed by atoms with Crippen LogP contribution in [0.2, 0.25) is 0 Å². The van der Waals surface area contributed by atoms with Crippen LogP contribution in [0.1, 0.15) is 45.4 Å². The van der Waals surface area contributed by atoms with E-state index in [0.717, 1.165) is 6.92 Å². The van der Waals surface area contributed by atoms with E-state index < -0.39 is 59.2 Å². The molecule has 0 amide bonds. The molecule has 4 aliphatic rings. The first-order valence-electron chi connectivity index (χ1n) is 9.67. The number of Topliss-reactive ketones (excluding diaryl/α,β-unsaturated/α-hetero) is 1. The van der Waals surface area contributed by atoms with Crippen LogP contribution in [-0.2, 0) is 34.0 Å². The zero-order valence-corrected chi connectivity index (χ0v) is 18.2. The van der Waals surface area contributed by atoms with Crippen LogP contribution in [0.4, 0.5) is 26.3 Å². The van der Waals surface area contributed by atoms with Crippen LogP contribution in [0.3, 0.4) is 0 Å². The SMILES string of the molecule is CC(CC(S(=O)(=O)C(F)(F)F)S(=O)(=O)C(F)(F)F)OC(=O)C12CC3CC(C1)C(=O)C(C3)C2. The van der Waals surface area contributed by atoms with Crippen molar-refractivity contribution in [3.63, 3.8) is 0 Å². The van der Waals surface area contributed by atoms with Crippen molar-refractivity contribution in [1.29, 1.82) is 0 Å². The highest BCUT2D eigenvalue weighted by molar-refractivity contribution is 8.09. The maximum absolute atomic E-state index is 12.9. The number of hydrogen-bond acceptors (Lipinski definition) is 7. The molecule has 15 heteroatoms. The van der Waals surface area contributed by atoms with Crippen molar-refractivity contribution in [2.24, 2.45) is 23.2 Å². The van der Waals surface area contributed by atoms with Crippen LogP contribution >= 0.6 is 0 Å². The molecule has 0 saturated heterocycles. The molecule has 4 fully saturated rings. The highest BCUT2D eigenvalue weighted by Gasteiger charge is 2.64. The number of ketones is 1. The van der Waals surface area contributed by atoms with Gasteiger partial charge in [0.25, 0.3) is 19.7 Å². The molecule has 0 aromatic carbocycles. The molecule has 0 aliphatic heterocycles. The van der Waals surface area contributed by atoms with Crippen molar-refractivity contribution in [2.75, 3.05) is 0 Å². The fourth-order valence-corrected chi connectivity index (χ4v) is 8.98. The second-order valence-corrected chi connectivity index (χ2v) is 13.4. The Morgan fingerprint density at radius 3 is 1.81 bits per heavy atom. The Balaban J connectivity index is 1.83. The van der Waals surface area contributed by atoms with Gasteiger partial charge >= 0.3 is 17.0 Å². The van der Waals surface area contributed by atoms with Crippen LogP contribution in [0, 0.1) is 23.2 Å². The third-order valence-electron chi connectivity index (χ3n) is 6.60. The Hall–Kier alpha value is -1.38. The highest BCUT2D eigenvalue weighted by Crippen LogP contribution is 2.59. The van der Waals surface area contributed by atoms with Gasteiger partial charge in [0.15, 0.2) is 4.58 Å². The van der Waals surface area contributed by atoms with Gasteiger partial charge in [0.05, 0.1) is 5.41 Å². The van der Waals surface area contributed by atoms with Gasteiger partial charge in [-0.25, -0.2) is 16.8 Å². The summed E-state index contributed by atoms with van der Waals surface area (Å²) in [7, 11) is -13.6. The van der Waals surface area contributed by atoms with Gasteiger partial charge in [0.1, 0.15) is 11.9 Å². The first kappa shape index (κ1) is 25.2. The van der Waals surface area contributed by atoms with E-state index in [4.69, 9.17) is 4.74 Å². The monoisotopic (exact) mass is 514 g/mol. The molecule has 3 atom stereocenters. The van der Waals surface area contributed by atoms with Gasteiger partial charge in [-0.05, 0) is 44.9 Å². The van der Waals surface area contributed by atoms with E-state index in [9.17, 15) is 52.8 Å². The van der Waals surface area contributed by atoms with Crippen LogP contribution in [0.5, 0.6) is 0 Å². The molecule has 0 N–H and O–H groups in total. The van der Waals surface area contributed by atoms with Gasteiger partial charge in [0, 0.05) is 18.3 Å². The number of carbonyl (C=O) groups is 2. The molecular formula is C17H20F6O7S2. The largest absolute Gasteiger partial charge is 0.498 e. The summed E-state index contributed by atoms with van der Waals surface area (Å²) in [6.45, 7) is 0.828. The van der Waals surface area contributed by atoms with E-state index in [1.165, 1.54) is 0 Å². The molecule has 184 valence electrons. The van der Waals surface area contributed by atoms with Crippen LogP contribution in [0.25, 0.3) is 0 Å². The summed E-state index contributed by atoms with van der Waals surface area (Å²) < 4.78 is 125. The van der Waals surface area contributed by atoms with E-state index in [0.29, 0.717) is 19.3 Å². The minimum Gasteiger partial charge on any atom is -0.462 e. The Morgan fingerprint density at radius 1 is 0.969 bits per heavy atom. The average Bonchev–Trinajstić information content (AvgIpc) is 2.61. The quantitative estimate of drug-likeness (QED) is 0.396. The predicted molar refractivity (Wildman–Crippen MR) is 94.9 cm³/mol. The Bertz CT molecular complexity index is 953. The van der Waals surface area contributed by atoms with Crippen molar-refractivity contribution in [2.45, 2.75) is 67.2 Å². The lowest BCUT2D eigenvalue weighted by Gasteiger charge is -2.54. The van der Waals surface area contributed by atoms with Crippen molar-refractivity contribution in [3.8, 4) is 0 Å². The summed E-state index contributed by atoms with van der Waals surface area (Å²) in [4.78, 5) is 25.0. The molecule has 32 heavy (non-hydrogen) atoms. The van der Waals surface area contributed by atoms with E-state index in [1.54, 1.807) is 0 Å². The fourth-order valence-electron chi connectivity index (χ4n) is 5.34. The lowest BCUT2D eigenvalue weighted by molar-refractivity contribution is -0.178. The molecule has 4 saturated carbocycles. The zero-order chi connectivity index (χ0) is 24.5. The average molecular weight is 514 g/mol. The molecular weight excluding hydrogens is 494 g/mol. The molecule has 0 heterocycles. The maximum atomic E-state index is 12.9. The van der Waals surface area contributed by atoms with E-state index >= 15 is 0 Å². The summed E-state index contributed by atoms with van der Waals surface area (Å²) in [5.41, 5.74) is -13.7. The van der Waals surface area contributed by atoms with Gasteiger partial charge in [-0.3, -0.25) is 9.59 Å². The van der Waals surface area contributed by atoms with Crippen LogP contribution < -0.4 is 0 Å². The normalized spacial score (nSPS) is 31.8. The predicted octanol–water partition coefficient (Wildman–Crippen LogP) is 2.90. The lowest BCUT2D eigenvalue weighted by Crippen LogP contribution is -2.55. The van der Waals surface area contributed by atoms with E-state index in [2.05, 4.69) is 0 Å². The minimum absolute atomic E-state index is 0.0185. The van der Waals surface area contributed by atoms with Crippen molar-refractivity contribution >= 4 is 31.4 Å². The zero-order valence-electron chi connectivity index (χ0n) is 16.6. The summed E-state index contributed by atoms with van der Waals surface area (Å²) in [5.74, 6) is -1.66. The number of rotatable bonds is 6. The Labute approximate surface area is 179 Å². The van der Waals surface area contributed by atoms with Crippen molar-refractivity contribution in [3.05, 3.63) is 0 Å². The Morgan fingerprint density at radius 2 is 1.41 bits per heavy atom. The number of halogens is 6. The number of ether oxygens (including phenoxy) is 1. The van der Waals surface area contributed by atoms with Crippen LogP contribution in [0.15, 0.2) is 0 Å². The number of sulfone groups is 2. The van der Waals surface area contributed by atoms with E-state index in [1.807, 2.05) is 0 Å². The summed E-state index contributed by atoms with van der Waals surface area (Å²) in [6, 6.07) is 0. The lowest BCUT2D eigenvalue weighted by atomic mass is 9.49. The number of alkyl halides is 6. The summed E-state index contributed by atoms with van der Waals surface area (Å²) in [6.07, 6.45) is -1.84. The van der Waals surface area contributed by atoms with Gasteiger partial charge in [-0.15, -0.1) is 0 Å². The Kier molecular flexibility index (Phi) is 5.97. The minimum atomic E-state index is -6.81. The molecule has 0 aromatic heterocycles. The first-order chi connectivity index (χ1) is 14.3. The molecule has 3 unspecified atom stereocenters. The molecule has 0 spiro atoms. The molecule has 4 bridgehead atoms. The number of hydrogen-bond donors (Lipinski definition) is 0. The molecule has 0 radical (unpaired) electrons. The third kappa shape index (κ3) is 4.03. The smallest absolute Gasteiger partial charge is 0.462 e. The number of carbonyl (C=O) groups excluding carboxylic acids is 2. The van der Waals surface area contributed by atoms with Gasteiger partial charge in [-0.1, -0.05) is 0 Å². The summed E-state index contributed by atoms with van der Waals surface area (Å²) in [5, 5.41) is 0. The topological polar surface area (TPSA) is 112 Å². The first-order valence-corrected chi connectivity index (χ1v) is 12.8. The maximum Gasteiger partial charge on any atom is 0.498 e.